The molecule has 0 radical (unpaired) electrons. The molecule has 1 unspecified atom stereocenters. The van der Waals surface area contributed by atoms with E-state index in [2.05, 4.69) is 10.3 Å². The Morgan fingerprint density at radius 1 is 1.41 bits per heavy atom. The topological polar surface area (TPSA) is 24.9 Å². The summed E-state index contributed by atoms with van der Waals surface area (Å²) in [7, 11) is 1.72. The standard InChI is InChI=1S/C12H12F2N2S/c1-15-11(7-12-16-4-5-17-12)9-6-8(13)2-3-10(9)14/h2-6,11,15H,7H2,1H3. The summed E-state index contributed by atoms with van der Waals surface area (Å²) in [4.78, 5) is 4.14. The lowest BCUT2D eigenvalue weighted by Gasteiger charge is -2.16. The van der Waals surface area contributed by atoms with Crippen LogP contribution in [0, 0.1) is 11.6 Å². The number of nitrogens with one attached hydrogen (secondary N) is 1. The summed E-state index contributed by atoms with van der Waals surface area (Å²) in [6, 6.07) is 3.23. The fraction of sp³-hybridized carbons (Fsp3) is 0.250. The zero-order valence-electron chi connectivity index (χ0n) is 9.28. The monoisotopic (exact) mass is 254 g/mol. The van der Waals surface area contributed by atoms with Crippen LogP contribution in [0.4, 0.5) is 8.78 Å². The molecule has 0 aliphatic rings. The zero-order valence-corrected chi connectivity index (χ0v) is 10.1. The zero-order chi connectivity index (χ0) is 12.3. The van der Waals surface area contributed by atoms with E-state index in [-0.39, 0.29) is 6.04 Å². The van der Waals surface area contributed by atoms with Crippen molar-refractivity contribution in [2.45, 2.75) is 12.5 Å². The summed E-state index contributed by atoms with van der Waals surface area (Å²) in [6.07, 6.45) is 2.25. The molecular formula is C12H12F2N2S. The van der Waals surface area contributed by atoms with Crippen molar-refractivity contribution in [2.24, 2.45) is 0 Å². The molecule has 0 bridgehead atoms. The molecule has 1 aromatic heterocycles. The maximum absolute atomic E-state index is 13.6. The van der Waals surface area contributed by atoms with E-state index in [9.17, 15) is 8.78 Å². The third kappa shape index (κ3) is 2.87. The molecule has 1 atom stereocenters. The molecule has 0 saturated carbocycles. The summed E-state index contributed by atoms with van der Waals surface area (Å²) in [5.74, 6) is -0.830. The molecule has 17 heavy (non-hydrogen) atoms. The smallest absolute Gasteiger partial charge is 0.128 e. The lowest BCUT2D eigenvalue weighted by Crippen LogP contribution is -2.20. The molecule has 1 aromatic carbocycles. The lowest BCUT2D eigenvalue weighted by atomic mass is 10.0. The Balaban J connectivity index is 2.25. The normalized spacial score (nSPS) is 12.6. The van der Waals surface area contributed by atoms with Gasteiger partial charge in [0.2, 0.25) is 0 Å². The van der Waals surface area contributed by atoms with Crippen LogP contribution in [0.3, 0.4) is 0 Å². The van der Waals surface area contributed by atoms with Crippen LogP contribution in [-0.2, 0) is 6.42 Å². The van der Waals surface area contributed by atoms with Crippen molar-refractivity contribution in [1.82, 2.24) is 10.3 Å². The highest BCUT2D eigenvalue weighted by Crippen LogP contribution is 2.22. The van der Waals surface area contributed by atoms with Crippen LogP contribution < -0.4 is 5.32 Å². The highest BCUT2D eigenvalue weighted by Gasteiger charge is 2.16. The average molecular weight is 254 g/mol. The highest BCUT2D eigenvalue weighted by molar-refractivity contribution is 7.09. The number of benzene rings is 1. The van der Waals surface area contributed by atoms with Crippen molar-refractivity contribution in [3.8, 4) is 0 Å². The van der Waals surface area contributed by atoms with Gasteiger partial charge in [-0.2, -0.15) is 0 Å². The number of nitrogens with zero attached hydrogens (tertiary/aromatic N) is 1. The Kier molecular flexibility index (Phi) is 3.81. The molecule has 90 valence electrons. The van der Waals surface area contributed by atoms with Crippen molar-refractivity contribution >= 4 is 11.3 Å². The lowest BCUT2D eigenvalue weighted by molar-refractivity contribution is 0.522. The largest absolute Gasteiger partial charge is 0.313 e. The van der Waals surface area contributed by atoms with Crippen LogP contribution in [0.25, 0.3) is 0 Å². The first-order valence-corrected chi connectivity index (χ1v) is 6.09. The van der Waals surface area contributed by atoms with Crippen LogP contribution in [0.5, 0.6) is 0 Å². The van der Waals surface area contributed by atoms with E-state index >= 15 is 0 Å². The summed E-state index contributed by atoms with van der Waals surface area (Å²) < 4.78 is 26.7. The van der Waals surface area contributed by atoms with Gasteiger partial charge in [0, 0.05) is 29.6 Å². The van der Waals surface area contributed by atoms with E-state index in [0.717, 1.165) is 17.1 Å². The van der Waals surface area contributed by atoms with Crippen molar-refractivity contribution < 1.29 is 8.78 Å². The minimum atomic E-state index is -0.430. The van der Waals surface area contributed by atoms with Gasteiger partial charge in [0.25, 0.3) is 0 Å². The third-order valence-corrected chi connectivity index (χ3v) is 3.35. The molecule has 0 saturated heterocycles. The first kappa shape index (κ1) is 12.1. The average Bonchev–Trinajstić information content (AvgIpc) is 2.82. The molecule has 5 heteroatoms. The minimum absolute atomic E-state index is 0.267. The fourth-order valence-electron chi connectivity index (χ4n) is 1.68. The molecule has 2 rings (SSSR count). The van der Waals surface area contributed by atoms with Crippen LogP contribution in [0.1, 0.15) is 16.6 Å². The van der Waals surface area contributed by atoms with Gasteiger partial charge in [0.15, 0.2) is 0 Å². The SMILES string of the molecule is CNC(Cc1nccs1)c1cc(F)ccc1F. The second-order valence-electron chi connectivity index (χ2n) is 3.64. The van der Waals surface area contributed by atoms with Gasteiger partial charge in [-0.25, -0.2) is 13.8 Å². The molecule has 1 heterocycles. The molecular weight excluding hydrogens is 242 g/mol. The summed E-state index contributed by atoms with van der Waals surface area (Å²) in [6.45, 7) is 0. The molecule has 1 N–H and O–H groups in total. The minimum Gasteiger partial charge on any atom is -0.313 e. The molecule has 0 aliphatic heterocycles. The van der Waals surface area contributed by atoms with E-state index < -0.39 is 11.6 Å². The van der Waals surface area contributed by atoms with Gasteiger partial charge in [-0.1, -0.05) is 0 Å². The van der Waals surface area contributed by atoms with Crippen LogP contribution >= 0.6 is 11.3 Å². The van der Waals surface area contributed by atoms with Crippen molar-refractivity contribution in [2.75, 3.05) is 7.05 Å². The Labute approximate surface area is 102 Å². The van der Waals surface area contributed by atoms with Crippen molar-refractivity contribution in [3.05, 3.63) is 52.0 Å². The maximum atomic E-state index is 13.6. The van der Waals surface area contributed by atoms with Gasteiger partial charge >= 0.3 is 0 Å². The van der Waals surface area contributed by atoms with Gasteiger partial charge in [0.05, 0.1) is 5.01 Å². The molecule has 0 aliphatic carbocycles. The number of hydrogen-bond acceptors (Lipinski definition) is 3. The van der Waals surface area contributed by atoms with E-state index in [1.54, 1.807) is 13.2 Å². The van der Waals surface area contributed by atoms with Gasteiger partial charge in [0.1, 0.15) is 11.6 Å². The quantitative estimate of drug-likeness (QED) is 0.907. The number of thiazole rings is 1. The Hall–Kier alpha value is -1.33. The van der Waals surface area contributed by atoms with Crippen molar-refractivity contribution in [1.29, 1.82) is 0 Å². The molecule has 0 fully saturated rings. The Morgan fingerprint density at radius 2 is 2.24 bits per heavy atom. The van der Waals surface area contributed by atoms with Gasteiger partial charge in [-0.15, -0.1) is 11.3 Å². The number of likely N-dealkylation sites (N-methyl/N-ethyl adjacent to an activating group) is 1. The van der Waals surface area contributed by atoms with Crippen LogP contribution in [0.2, 0.25) is 0 Å². The van der Waals surface area contributed by atoms with E-state index in [0.29, 0.717) is 12.0 Å². The summed E-state index contributed by atoms with van der Waals surface area (Å²) in [5.41, 5.74) is 0.336. The van der Waals surface area contributed by atoms with E-state index in [1.807, 2.05) is 5.38 Å². The molecule has 2 aromatic rings. The fourth-order valence-corrected chi connectivity index (χ4v) is 2.34. The summed E-state index contributed by atoms with van der Waals surface area (Å²) >= 11 is 1.50. The maximum Gasteiger partial charge on any atom is 0.128 e. The second kappa shape index (κ2) is 5.33. The van der Waals surface area contributed by atoms with Crippen LogP contribution in [-0.4, -0.2) is 12.0 Å². The van der Waals surface area contributed by atoms with Crippen LogP contribution in [0.15, 0.2) is 29.8 Å². The number of halogens is 2. The van der Waals surface area contributed by atoms with E-state index in [4.69, 9.17) is 0 Å². The molecule has 0 spiro atoms. The summed E-state index contributed by atoms with van der Waals surface area (Å²) in [5, 5.41) is 5.75. The van der Waals surface area contributed by atoms with E-state index in [1.165, 1.54) is 17.4 Å². The molecule has 0 amide bonds. The third-order valence-electron chi connectivity index (χ3n) is 2.54. The second-order valence-corrected chi connectivity index (χ2v) is 4.62. The van der Waals surface area contributed by atoms with Gasteiger partial charge in [-0.05, 0) is 25.2 Å². The number of hydrogen-bond donors (Lipinski definition) is 1. The first-order valence-electron chi connectivity index (χ1n) is 5.21. The van der Waals surface area contributed by atoms with Gasteiger partial charge in [-0.3, -0.25) is 0 Å². The number of rotatable bonds is 4. The Morgan fingerprint density at radius 3 is 2.88 bits per heavy atom. The number of aromatic nitrogens is 1. The predicted octanol–water partition coefficient (Wildman–Crippen LogP) is 2.92. The first-order chi connectivity index (χ1) is 8.20. The molecule has 2 nitrogen and oxygen atoms in total. The van der Waals surface area contributed by atoms with Crippen molar-refractivity contribution in [3.63, 3.8) is 0 Å². The Bertz CT molecular complexity index is 485. The highest BCUT2D eigenvalue weighted by atomic mass is 32.1. The predicted molar refractivity (Wildman–Crippen MR) is 64.0 cm³/mol. The van der Waals surface area contributed by atoms with Gasteiger partial charge < -0.3 is 5.32 Å².